The second kappa shape index (κ2) is 8.31. The van der Waals surface area contributed by atoms with Crippen LogP contribution in [-0.4, -0.2) is 53.4 Å². The molecule has 5 rings (SSSR count). The summed E-state index contributed by atoms with van der Waals surface area (Å²) in [6, 6.07) is 11.3. The minimum absolute atomic E-state index is 0.0175. The Hall–Kier alpha value is -2.92. The lowest BCUT2D eigenvalue weighted by Crippen LogP contribution is -2.31. The van der Waals surface area contributed by atoms with Gasteiger partial charge >= 0.3 is 0 Å². The Morgan fingerprint density at radius 2 is 2.19 bits per heavy atom. The second-order valence-corrected chi connectivity index (χ2v) is 9.01. The lowest BCUT2D eigenvalue weighted by atomic mass is 10.1. The number of anilines is 1. The molecule has 1 saturated heterocycles. The normalized spacial score (nSPS) is 20.3. The molecule has 1 aliphatic carbocycles. The number of likely N-dealkylation sites (N-methyl/N-ethyl adjacent to an activating group) is 1. The standard InChI is InChI=1S/C26H30N4O/c1-18-21(13-20-6-3-4-8-24(18)20)16-29(2)25(31)10-9-19-12-22-17-30-11-5-7-23(30)15-28-26(22)27-14-19/h3-4,6,8-10,12,14,23H,5,7,11,13,15-17H2,1-2H3,(H,27,28)/b10-9+/t23-/m0/s1. The summed E-state index contributed by atoms with van der Waals surface area (Å²) in [5.41, 5.74) is 7.50. The first-order valence-corrected chi connectivity index (χ1v) is 11.3. The van der Waals surface area contributed by atoms with Gasteiger partial charge in [-0.25, -0.2) is 4.98 Å². The van der Waals surface area contributed by atoms with E-state index in [2.05, 4.69) is 52.5 Å². The Morgan fingerprint density at radius 3 is 3.06 bits per heavy atom. The maximum Gasteiger partial charge on any atom is 0.246 e. The van der Waals surface area contributed by atoms with Gasteiger partial charge in [0.2, 0.25) is 5.91 Å². The van der Waals surface area contributed by atoms with Crippen molar-refractivity contribution in [3.8, 4) is 0 Å². The Labute approximate surface area is 184 Å². The molecule has 1 amide bonds. The molecule has 0 bridgehead atoms. The van der Waals surface area contributed by atoms with E-state index < -0.39 is 0 Å². The first kappa shape index (κ1) is 20.0. The van der Waals surface area contributed by atoms with Gasteiger partial charge in [-0.15, -0.1) is 0 Å². The van der Waals surface area contributed by atoms with E-state index in [1.165, 1.54) is 40.7 Å². The molecule has 1 aromatic heterocycles. The average molecular weight is 415 g/mol. The lowest BCUT2D eigenvalue weighted by Gasteiger charge is -2.20. The minimum Gasteiger partial charge on any atom is -0.368 e. The van der Waals surface area contributed by atoms with Crippen molar-refractivity contribution in [3.05, 3.63) is 70.4 Å². The lowest BCUT2D eigenvalue weighted by molar-refractivity contribution is -0.124. The van der Waals surface area contributed by atoms with E-state index in [1.807, 2.05) is 19.3 Å². The number of allylic oxidation sites excluding steroid dienone is 1. The number of carbonyl (C=O) groups excluding carboxylic acids is 1. The van der Waals surface area contributed by atoms with Gasteiger partial charge in [0.25, 0.3) is 0 Å². The van der Waals surface area contributed by atoms with Crippen molar-refractivity contribution in [3.63, 3.8) is 0 Å². The van der Waals surface area contributed by atoms with Crippen LogP contribution >= 0.6 is 0 Å². The third-order valence-corrected chi connectivity index (χ3v) is 6.94. The Balaban J connectivity index is 1.25. The molecule has 2 aromatic rings. The summed E-state index contributed by atoms with van der Waals surface area (Å²) in [5, 5.41) is 3.50. The topological polar surface area (TPSA) is 48.5 Å². The van der Waals surface area contributed by atoms with Crippen LogP contribution in [0.25, 0.3) is 11.6 Å². The Bertz CT molecular complexity index is 1070. The van der Waals surface area contributed by atoms with Crippen LogP contribution in [0.3, 0.4) is 0 Å². The molecule has 2 aliphatic heterocycles. The number of pyridine rings is 1. The fourth-order valence-electron chi connectivity index (χ4n) is 5.09. The van der Waals surface area contributed by atoms with Gasteiger partial charge in [0.05, 0.1) is 0 Å². The predicted octanol–water partition coefficient (Wildman–Crippen LogP) is 3.97. The van der Waals surface area contributed by atoms with Crippen LogP contribution in [0, 0.1) is 0 Å². The number of amides is 1. The number of nitrogens with zero attached hydrogens (tertiary/aromatic N) is 3. The van der Waals surface area contributed by atoms with Crippen LogP contribution in [0.15, 0.2) is 48.2 Å². The zero-order chi connectivity index (χ0) is 21.4. The molecule has 5 heteroatoms. The molecule has 0 radical (unpaired) electrons. The highest BCUT2D eigenvalue weighted by molar-refractivity contribution is 5.92. The van der Waals surface area contributed by atoms with Crippen molar-refractivity contribution < 1.29 is 4.79 Å². The van der Waals surface area contributed by atoms with Gasteiger partial charge in [0, 0.05) is 50.6 Å². The van der Waals surface area contributed by atoms with Crippen LogP contribution < -0.4 is 5.32 Å². The Kier molecular flexibility index (Phi) is 5.36. The molecular formula is C26H30N4O. The fraction of sp³-hybridized carbons (Fsp3) is 0.385. The first-order chi connectivity index (χ1) is 15.1. The summed E-state index contributed by atoms with van der Waals surface area (Å²) in [4.78, 5) is 21.7. The van der Waals surface area contributed by atoms with E-state index in [4.69, 9.17) is 0 Å². The number of benzene rings is 1. The maximum atomic E-state index is 12.8. The summed E-state index contributed by atoms with van der Waals surface area (Å²) < 4.78 is 0. The largest absolute Gasteiger partial charge is 0.368 e. The van der Waals surface area contributed by atoms with Gasteiger partial charge in [0.1, 0.15) is 5.82 Å². The first-order valence-electron chi connectivity index (χ1n) is 11.3. The number of hydrogen-bond donors (Lipinski definition) is 1. The van der Waals surface area contributed by atoms with Crippen molar-refractivity contribution in [1.29, 1.82) is 0 Å². The van der Waals surface area contributed by atoms with E-state index in [0.717, 1.165) is 37.4 Å². The van der Waals surface area contributed by atoms with Crippen molar-refractivity contribution in [2.75, 3.05) is 32.0 Å². The average Bonchev–Trinajstić information content (AvgIpc) is 3.30. The fourth-order valence-corrected chi connectivity index (χ4v) is 5.09. The molecule has 3 heterocycles. The van der Waals surface area contributed by atoms with Crippen molar-refractivity contribution in [2.45, 2.75) is 38.8 Å². The van der Waals surface area contributed by atoms with Gasteiger partial charge < -0.3 is 10.2 Å². The molecule has 0 unspecified atom stereocenters. The van der Waals surface area contributed by atoms with E-state index in [-0.39, 0.29) is 5.91 Å². The summed E-state index contributed by atoms with van der Waals surface area (Å²) in [6.07, 6.45) is 8.88. The molecular weight excluding hydrogens is 384 g/mol. The quantitative estimate of drug-likeness (QED) is 0.769. The summed E-state index contributed by atoms with van der Waals surface area (Å²) in [5.74, 6) is 1.00. The van der Waals surface area contributed by atoms with Gasteiger partial charge in [0.15, 0.2) is 0 Å². The molecule has 0 saturated carbocycles. The van der Waals surface area contributed by atoms with Crippen molar-refractivity contribution in [2.24, 2.45) is 0 Å². The third kappa shape index (κ3) is 4.02. The number of fused-ring (bicyclic) bond motifs is 3. The molecule has 1 atom stereocenters. The zero-order valence-corrected chi connectivity index (χ0v) is 18.4. The molecule has 5 nitrogen and oxygen atoms in total. The molecule has 3 aliphatic rings. The summed E-state index contributed by atoms with van der Waals surface area (Å²) >= 11 is 0. The van der Waals surface area contributed by atoms with Gasteiger partial charge in [-0.3, -0.25) is 9.69 Å². The molecule has 1 aromatic carbocycles. The van der Waals surface area contributed by atoms with Gasteiger partial charge in [-0.1, -0.05) is 24.3 Å². The monoisotopic (exact) mass is 414 g/mol. The second-order valence-electron chi connectivity index (χ2n) is 9.01. The van der Waals surface area contributed by atoms with Crippen LogP contribution in [0.4, 0.5) is 5.82 Å². The van der Waals surface area contributed by atoms with Crippen molar-refractivity contribution >= 4 is 23.4 Å². The highest BCUT2D eigenvalue weighted by atomic mass is 16.2. The predicted molar refractivity (Wildman–Crippen MR) is 126 cm³/mol. The van der Waals surface area contributed by atoms with Crippen LogP contribution in [0.5, 0.6) is 0 Å². The number of rotatable bonds is 4. The number of aromatic nitrogens is 1. The van der Waals surface area contributed by atoms with Crippen LogP contribution in [0.1, 0.15) is 42.0 Å². The smallest absolute Gasteiger partial charge is 0.246 e. The number of hydrogen-bond acceptors (Lipinski definition) is 4. The maximum absolute atomic E-state index is 12.8. The number of carbonyl (C=O) groups is 1. The summed E-state index contributed by atoms with van der Waals surface area (Å²) in [6.45, 7) is 5.89. The van der Waals surface area contributed by atoms with E-state index in [0.29, 0.717) is 12.6 Å². The van der Waals surface area contributed by atoms with Crippen molar-refractivity contribution in [1.82, 2.24) is 14.8 Å². The van der Waals surface area contributed by atoms with Gasteiger partial charge in [-0.05, 0) is 72.7 Å². The molecule has 0 spiro atoms. The van der Waals surface area contributed by atoms with Crippen LogP contribution in [-0.2, 0) is 17.8 Å². The molecule has 160 valence electrons. The molecule has 1 N–H and O–H groups in total. The Morgan fingerprint density at radius 1 is 1.32 bits per heavy atom. The highest BCUT2D eigenvalue weighted by Crippen LogP contribution is 2.32. The van der Waals surface area contributed by atoms with Gasteiger partial charge in [-0.2, -0.15) is 0 Å². The summed E-state index contributed by atoms with van der Waals surface area (Å²) in [7, 11) is 1.88. The third-order valence-electron chi connectivity index (χ3n) is 6.94. The van der Waals surface area contributed by atoms with E-state index in [1.54, 1.807) is 11.0 Å². The zero-order valence-electron chi connectivity index (χ0n) is 18.4. The molecule has 31 heavy (non-hydrogen) atoms. The van der Waals surface area contributed by atoms with E-state index in [9.17, 15) is 4.79 Å². The SMILES string of the molecule is CC1=C(CN(C)C(=O)/C=C/c2cnc3c(c2)CN2CCC[C@H]2CN3)Cc2ccccc21. The minimum atomic E-state index is 0.0175. The highest BCUT2D eigenvalue weighted by Gasteiger charge is 2.28. The molecule has 1 fully saturated rings. The van der Waals surface area contributed by atoms with Crippen LogP contribution in [0.2, 0.25) is 0 Å². The van der Waals surface area contributed by atoms with E-state index >= 15 is 0 Å². The number of nitrogens with one attached hydrogen (secondary N) is 1.